The van der Waals surface area contributed by atoms with Crippen molar-refractivity contribution in [3.63, 3.8) is 0 Å². The highest BCUT2D eigenvalue weighted by Gasteiger charge is 2.18. The quantitative estimate of drug-likeness (QED) is 0.317. The molecule has 6 nitrogen and oxygen atoms in total. The molecule has 0 aliphatic rings. The van der Waals surface area contributed by atoms with E-state index in [9.17, 15) is 18.8 Å². The first-order valence-corrected chi connectivity index (χ1v) is 12.9. The van der Waals surface area contributed by atoms with Gasteiger partial charge in [0.1, 0.15) is 5.82 Å². The summed E-state index contributed by atoms with van der Waals surface area (Å²) in [5.74, 6) is -0.783. The molecule has 5 rings (SSSR count). The van der Waals surface area contributed by atoms with Gasteiger partial charge in [-0.1, -0.05) is 67.6 Å². The van der Waals surface area contributed by atoms with Gasteiger partial charge in [-0.05, 0) is 60.4 Å². The third kappa shape index (κ3) is 5.43. The van der Waals surface area contributed by atoms with Crippen molar-refractivity contribution in [1.29, 1.82) is 0 Å². The molecule has 7 heteroatoms. The second kappa shape index (κ2) is 11.3. The highest BCUT2D eigenvalue weighted by Crippen LogP contribution is 2.17. The van der Waals surface area contributed by atoms with Crippen molar-refractivity contribution < 1.29 is 9.18 Å². The zero-order valence-electron chi connectivity index (χ0n) is 21.6. The third-order valence-electron chi connectivity index (χ3n) is 6.84. The van der Waals surface area contributed by atoms with Crippen molar-refractivity contribution in [1.82, 2.24) is 14.5 Å². The molecule has 39 heavy (non-hydrogen) atoms. The SMILES string of the molecule is CCc1ccc(-n2c(=O)c3ccc(C(=O)NCCc4ccccc4)cc3n(Cc3ccccc3F)c2=O)cc1. The van der Waals surface area contributed by atoms with E-state index >= 15 is 0 Å². The van der Waals surface area contributed by atoms with Gasteiger partial charge in [0.15, 0.2) is 0 Å². The summed E-state index contributed by atoms with van der Waals surface area (Å²) in [5.41, 5.74) is 2.36. The van der Waals surface area contributed by atoms with Crippen LogP contribution in [0.3, 0.4) is 0 Å². The number of hydrogen-bond acceptors (Lipinski definition) is 3. The molecule has 196 valence electrons. The molecule has 0 aliphatic heterocycles. The van der Waals surface area contributed by atoms with E-state index in [-0.39, 0.29) is 23.4 Å². The van der Waals surface area contributed by atoms with Gasteiger partial charge < -0.3 is 5.32 Å². The summed E-state index contributed by atoms with van der Waals surface area (Å²) < 4.78 is 17.1. The monoisotopic (exact) mass is 521 g/mol. The van der Waals surface area contributed by atoms with Crippen LogP contribution in [-0.2, 0) is 19.4 Å². The van der Waals surface area contributed by atoms with E-state index in [1.165, 1.54) is 16.7 Å². The van der Waals surface area contributed by atoms with E-state index in [0.29, 0.717) is 29.8 Å². The van der Waals surface area contributed by atoms with Crippen molar-refractivity contribution >= 4 is 16.8 Å². The summed E-state index contributed by atoms with van der Waals surface area (Å²) in [6.07, 6.45) is 1.49. The zero-order valence-corrected chi connectivity index (χ0v) is 21.6. The lowest BCUT2D eigenvalue weighted by molar-refractivity contribution is 0.0954. The number of hydrogen-bond donors (Lipinski definition) is 1. The summed E-state index contributed by atoms with van der Waals surface area (Å²) >= 11 is 0. The highest BCUT2D eigenvalue weighted by molar-refractivity contribution is 5.97. The molecular formula is C32H28FN3O3. The molecule has 0 fully saturated rings. The molecule has 1 aromatic heterocycles. The minimum Gasteiger partial charge on any atom is -0.352 e. The number of aryl methyl sites for hydroxylation is 1. The van der Waals surface area contributed by atoms with Gasteiger partial charge in [-0.25, -0.2) is 13.8 Å². The molecule has 0 radical (unpaired) electrons. The van der Waals surface area contributed by atoms with Crippen LogP contribution in [0.15, 0.2) is 107 Å². The van der Waals surface area contributed by atoms with Crippen molar-refractivity contribution in [3.8, 4) is 5.69 Å². The maximum absolute atomic E-state index is 14.6. The van der Waals surface area contributed by atoms with Gasteiger partial charge in [-0.15, -0.1) is 0 Å². The Morgan fingerprint density at radius 2 is 1.56 bits per heavy atom. The lowest BCUT2D eigenvalue weighted by Gasteiger charge is -2.16. The van der Waals surface area contributed by atoms with E-state index in [0.717, 1.165) is 22.1 Å². The fourth-order valence-corrected chi connectivity index (χ4v) is 4.63. The number of rotatable bonds is 8. The standard InChI is InChI=1S/C32H28FN3O3/c1-2-22-12-15-26(16-13-22)36-31(38)27-17-14-24(30(37)34-19-18-23-8-4-3-5-9-23)20-29(27)35(32(36)39)21-25-10-6-7-11-28(25)33/h3-17,20H,2,18-19,21H2,1H3,(H,34,37). The lowest BCUT2D eigenvalue weighted by Crippen LogP contribution is -2.39. The Bertz CT molecular complexity index is 1760. The van der Waals surface area contributed by atoms with Crippen molar-refractivity contribution in [2.45, 2.75) is 26.3 Å². The number of fused-ring (bicyclic) bond motifs is 1. The second-order valence-electron chi connectivity index (χ2n) is 9.34. The number of amides is 1. The Hall–Kier alpha value is -4.78. The Morgan fingerprint density at radius 1 is 0.846 bits per heavy atom. The summed E-state index contributed by atoms with van der Waals surface area (Å²) in [6, 6.07) is 27.9. The number of halogens is 1. The maximum Gasteiger partial charge on any atom is 0.336 e. The predicted octanol–water partition coefficient (Wildman–Crippen LogP) is 4.87. The van der Waals surface area contributed by atoms with Crippen LogP contribution in [0.2, 0.25) is 0 Å². The van der Waals surface area contributed by atoms with Gasteiger partial charge in [0.2, 0.25) is 0 Å². The van der Waals surface area contributed by atoms with Crippen LogP contribution in [0.1, 0.15) is 34.0 Å². The fourth-order valence-electron chi connectivity index (χ4n) is 4.63. The Morgan fingerprint density at radius 3 is 2.28 bits per heavy atom. The average molecular weight is 522 g/mol. The molecule has 0 saturated carbocycles. The van der Waals surface area contributed by atoms with Gasteiger partial charge in [0, 0.05) is 17.7 Å². The molecule has 0 bridgehead atoms. The van der Waals surface area contributed by atoms with Crippen molar-refractivity contribution in [2.24, 2.45) is 0 Å². The van der Waals surface area contributed by atoms with Gasteiger partial charge >= 0.3 is 5.69 Å². The molecule has 4 aromatic carbocycles. The topological polar surface area (TPSA) is 73.1 Å². The number of carbonyl (C=O) groups is 1. The van der Waals surface area contributed by atoms with Crippen LogP contribution >= 0.6 is 0 Å². The van der Waals surface area contributed by atoms with E-state index in [4.69, 9.17) is 0 Å². The van der Waals surface area contributed by atoms with E-state index in [1.54, 1.807) is 42.5 Å². The molecular weight excluding hydrogens is 493 g/mol. The number of carbonyl (C=O) groups excluding carboxylic acids is 1. The normalized spacial score (nSPS) is 11.0. The zero-order chi connectivity index (χ0) is 27.4. The molecule has 1 N–H and O–H groups in total. The lowest BCUT2D eigenvalue weighted by atomic mass is 10.1. The molecule has 0 aliphatic carbocycles. The number of benzene rings is 4. The van der Waals surface area contributed by atoms with Crippen LogP contribution < -0.4 is 16.6 Å². The number of nitrogens with zero attached hydrogens (tertiary/aromatic N) is 2. The van der Waals surface area contributed by atoms with Crippen LogP contribution in [0.25, 0.3) is 16.6 Å². The minimum absolute atomic E-state index is 0.103. The van der Waals surface area contributed by atoms with Gasteiger partial charge in [-0.2, -0.15) is 0 Å². The smallest absolute Gasteiger partial charge is 0.336 e. The van der Waals surface area contributed by atoms with Crippen molar-refractivity contribution in [3.05, 3.63) is 146 Å². The summed E-state index contributed by atoms with van der Waals surface area (Å²) in [5, 5.41) is 3.15. The largest absolute Gasteiger partial charge is 0.352 e. The molecule has 0 atom stereocenters. The molecule has 0 saturated heterocycles. The first-order chi connectivity index (χ1) is 19.0. The fraction of sp³-hybridized carbons (Fsp3) is 0.156. The van der Waals surface area contributed by atoms with Gasteiger partial charge in [0.25, 0.3) is 11.5 Å². The first-order valence-electron chi connectivity index (χ1n) is 12.9. The Kier molecular flexibility index (Phi) is 7.50. The van der Waals surface area contributed by atoms with Crippen LogP contribution in [0.5, 0.6) is 0 Å². The average Bonchev–Trinajstić information content (AvgIpc) is 2.97. The molecule has 5 aromatic rings. The minimum atomic E-state index is -0.610. The summed E-state index contributed by atoms with van der Waals surface area (Å²) in [4.78, 5) is 40.3. The Labute approximate surface area is 225 Å². The van der Waals surface area contributed by atoms with E-state index < -0.39 is 17.1 Å². The van der Waals surface area contributed by atoms with Gasteiger partial charge in [-0.3, -0.25) is 14.2 Å². The third-order valence-corrected chi connectivity index (χ3v) is 6.84. The van der Waals surface area contributed by atoms with E-state index in [2.05, 4.69) is 5.32 Å². The highest BCUT2D eigenvalue weighted by atomic mass is 19.1. The van der Waals surface area contributed by atoms with Crippen LogP contribution in [0, 0.1) is 5.82 Å². The molecule has 0 spiro atoms. The summed E-state index contributed by atoms with van der Waals surface area (Å²) in [7, 11) is 0. The second-order valence-corrected chi connectivity index (χ2v) is 9.34. The van der Waals surface area contributed by atoms with E-state index in [1.807, 2.05) is 49.4 Å². The summed E-state index contributed by atoms with van der Waals surface area (Å²) in [6.45, 7) is 2.35. The Balaban J connectivity index is 1.58. The van der Waals surface area contributed by atoms with Crippen LogP contribution in [0.4, 0.5) is 4.39 Å². The van der Waals surface area contributed by atoms with Crippen molar-refractivity contribution in [2.75, 3.05) is 6.54 Å². The predicted molar refractivity (Wildman–Crippen MR) is 151 cm³/mol. The van der Waals surface area contributed by atoms with Gasteiger partial charge in [0.05, 0.1) is 23.1 Å². The van der Waals surface area contributed by atoms with Crippen LogP contribution in [-0.4, -0.2) is 21.6 Å². The maximum atomic E-state index is 14.6. The molecule has 1 heterocycles. The molecule has 0 unspecified atom stereocenters. The molecule has 1 amide bonds. The first kappa shape index (κ1) is 25.9. The number of nitrogens with one attached hydrogen (secondary N) is 1. The number of aromatic nitrogens is 2.